The second-order valence-corrected chi connectivity index (χ2v) is 6.12. The summed E-state index contributed by atoms with van der Waals surface area (Å²) in [5, 5.41) is 10.3. The molecule has 3 rings (SSSR count). The predicted molar refractivity (Wildman–Crippen MR) is 87.8 cm³/mol. The van der Waals surface area contributed by atoms with Gasteiger partial charge in [-0.15, -0.1) is 0 Å². The van der Waals surface area contributed by atoms with E-state index in [1.807, 2.05) is 11.9 Å². The standard InChI is InChI=1S/C18H20FN3O2/c1-21(10-13-2-4-15(19)5-3-13)16-11-22(12-17(16)23)18(24)14-6-8-20-9-7-14/h2-9,16-17,23H,10-12H2,1H3/t16-,17-/m1/s1. The van der Waals surface area contributed by atoms with Crippen LogP contribution >= 0.6 is 0 Å². The molecule has 6 heteroatoms. The summed E-state index contributed by atoms with van der Waals surface area (Å²) < 4.78 is 13.0. The first-order chi connectivity index (χ1) is 11.5. The first-order valence-corrected chi connectivity index (χ1v) is 7.86. The zero-order chi connectivity index (χ0) is 17.1. The third-order valence-corrected chi connectivity index (χ3v) is 4.38. The van der Waals surface area contributed by atoms with E-state index in [1.165, 1.54) is 12.1 Å². The van der Waals surface area contributed by atoms with Gasteiger partial charge in [-0.25, -0.2) is 4.39 Å². The Kier molecular flexibility index (Phi) is 4.87. The maximum atomic E-state index is 13.0. The second kappa shape index (κ2) is 7.07. The van der Waals surface area contributed by atoms with E-state index in [1.54, 1.807) is 41.6 Å². The third kappa shape index (κ3) is 3.60. The fourth-order valence-corrected chi connectivity index (χ4v) is 3.04. The highest BCUT2D eigenvalue weighted by Crippen LogP contribution is 2.19. The Bertz CT molecular complexity index is 693. The maximum absolute atomic E-state index is 13.0. The van der Waals surface area contributed by atoms with Gasteiger partial charge in [0.25, 0.3) is 5.91 Å². The van der Waals surface area contributed by atoms with Crippen LogP contribution in [-0.4, -0.2) is 58.1 Å². The molecule has 0 unspecified atom stereocenters. The lowest BCUT2D eigenvalue weighted by Crippen LogP contribution is -2.40. The third-order valence-electron chi connectivity index (χ3n) is 4.38. The van der Waals surface area contributed by atoms with Gasteiger partial charge in [0, 0.05) is 37.6 Å². The first kappa shape index (κ1) is 16.5. The molecule has 1 N–H and O–H groups in total. The van der Waals surface area contributed by atoms with Gasteiger partial charge in [0.15, 0.2) is 0 Å². The molecule has 5 nitrogen and oxygen atoms in total. The van der Waals surface area contributed by atoms with Gasteiger partial charge in [0.2, 0.25) is 0 Å². The molecule has 0 radical (unpaired) electrons. The van der Waals surface area contributed by atoms with Gasteiger partial charge in [-0.1, -0.05) is 12.1 Å². The number of carbonyl (C=O) groups excluding carboxylic acids is 1. The second-order valence-electron chi connectivity index (χ2n) is 6.12. The van der Waals surface area contributed by atoms with E-state index in [2.05, 4.69) is 4.98 Å². The lowest BCUT2D eigenvalue weighted by atomic mass is 10.1. The van der Waals surface area contributed by atoms with E-state index in [0.29, 0.717) is 25.2 Å². The van der Waals surface area contributed by atoms with Crippen LogP contribution in [0.5, 0.6) is 0 Å². The largest absolute Gasteiger partial charge is 0.390 e. The van der Waals surface area contributed by atoms with Crippen molar-refractivity contribution >= 4 is 5.91 Å². The van der Waals surface area contributed by atoms with Crippen molar-refractivity contribution in [2.24, 2.45) is 0 Å². The number of hydrogen-bond acceptors (Lipinski definition) is 4. The van der Waals surface area contributed by atoms with E-state index < -0.39 is 6.10 Å². The van der Waals surface area contributed by atoms with Gasteiger partial charge in [0.05, 0.1) is 12.1 Å². The summed E-state index contributed by atoms with van der Waals surface area (Å²) in [6, 6.07) is 9.50. The van der Waals surface area contributed by atoms with Gasteiger partial charge < -0.3 is 10.0 Å². The minimum atomic E-state index is -0.610. The number of hydrogen-bond donors (Lipinski definition) is 1. The molecule has 2 atom stereocenters. The van der Waals surface area contributed by atoms with Crippen molar-refractivity contribution in [2.45, 2.75) is 18.7 Å². The Morgan fingerprint density at radius 2 is 1.92 bits per heavy atom. The summed E-state index contributed by atoms with van der Waals surface area (Å²) in [6.07, 6.45) is 2.55. The summed E-state index contributed by atoms with van der Waals surface area (Å²) in [4.78, 5) is 20.1. The molecule has 1 aliphatic rings. The van der Waals surface area contributed by atoms with Crippen LogP contribution in [0.4, 0.5) is 4.39 Å². The molecule has 0 saturated carbocycles. The quantitative estimate of drug-likeness (QED) is 0.924. The highest BCUT2D eigenvalue weighted by Gasteiger charge is 2.36. The van der Waals surface area contributed by atoms with E-state index in [0.717, 1.165) is 5.56 Å². The number of β-amino-alcohol motifs (C(OH)–C–C–N with tert-alkyl or cyclic N) is 1. The molecule has 1 saturated heterocycles. The van der Waals surface area contributed by atoms with Gasteiger partial charge in [-0.05, 0) is 36.9 Å². The van der Waals surface area contributed by atoms with Crippen molar-refractivity contribution in [3.63, 3.8) is 0 Å². The number of aromatic nitrogens is 1. The number of benzene rings is 1. The minimum Gasteiger partial charge on any atom is -0.390 e. The van der Waals surface area contributed by atoms with Crippen LogP contribution in [0.25, 0.3) is 0 Å². The molecule has 1 aromatic heterocycles. The number of pyridine rings is 1. The average Bonchev–Trinajstić information content (AvgIpc) is 2.99. The monoisotopic (exact) mass is 329 g/mol. The van der Waals surface area contributed by atoms with Crippen LogP contribution in [0.2, 0.25) is 0 Å². The summed E-state index contributed by atoms with van der Waals surface area (Å²) in [5.41, 5.74) is 1.53. The molecular weight excluding hydrogens is 309 g/mol. The molecule has 24 heavy (non-hydrogen) atoms. The number of halogens is 1. The minimum absolute atomic E-state index is 0.103. The van der Waals surface area contributed by atoms with Gasteiger partial charge in [0.1, 0.15) is 5.82 Å². The Labute approximate surface area is 140 Å². The van der Waals surface area contributed by atoms with Crippen LogP contribution in [0.15, 0.2) is 48.8 Å². The van der Waals surface area contributed by atoms with Crippen molar-refractivity contribution in [2.75, 3.05) is 20.1 Å². The summed E-state index contributed by atoms with van der Waals surface area (Å²) >= 11 is 0. The van der Waals surface area contributed by atoms with Gasteiger partial charge >= 0.3 is 0 Å². The Morgan fingerprint density at radius 1 is 1.25 bits per heavy atom. The zero-order valence-corrected chi connectivity index (χ0v) is 13.5. The molecule has 0 aliphatic carbocycles. The fraction of sp³-hybridized carbons (Fsp3) is 0.333. The number of likely N-dealkylation sites (tertiary alicyclic amines) is 1. The van der Waals surface area contributed by atoms with Gasteiger partial charge in [-0.2, -0.15) is 0 Å². The number of likely N-dealkylation sites (N-methyl/N-ethyl adjacent to an activating group) is 1. The average molecular weight is 329 g/mol. The Hall–Kier alpha value is -2.31. The van der Waals surface area contributed by atoms with Crippen molar-refractivity contribution < 1.29 is 14.3 Å². The SMILES string of the molecule is CN(Cc1ccc(F)cc1)[C@@H]1CN(C(=O)c2ccncc2)C[C@H]1O. The van der Waals surface area contributed by atoms with Crippen molar-refractivity contribution in [1.29, 1.82) is 0 Å². The van der Waals surface area contributed by atoms with Crippen molar-refractivity contribution in [3.05, 3.63) is 65.7 Å². The fourth-order valence-electron chi connectivity index (χ4n) is 3.04. The number of aliphatic hydroxyl groups excluding tert-OH is 1. The summed E-state index contributed by atoms with van der Waals surface area (Å²) in [6.45, 7) is 1.35. The molecule has 2 heterocycles. The Balaban J connectivity index is 1.64. The van der Waals surface area contributed by atoms with Crippen LogP contribution in [-0.2, 0) is 6.54 Å². The molecular formula is C18H20FN3O2. The molecule has 126 valence electrons. The number of nitrogens with zero attached hydrogens (tertiary/aromatic N) is 3. The predicted octanol–water partition coefficient (Wildman–Crippen LogP) is 1.54. The first-order valence-electron chi connectivity index (χ1n) is 7.86. The molecule has 1 aliphatic heterocycles. The summed E-state index contributed by atoms with van der Waals surface area (Å²) in [5.74, 6) is -0.370. The van der Waals surface area contributed by atoms with E-state index >= 15 is 0 Å². The molecule has 1 aromatic carbocycles. The van der Waals surface area contributed by atoms with Crippen LogP contribution in [0, 0.1) is 5.82 Å². The highest BCUT2D eigenvalue weighted by atomic mass is 19.1. The molecule has 1 fully saturated rings. The van der Waals surface area contributed by atoms with Crippen molar-refractivity contribution in [1.82, 2.24) is 14.8 Å². The molecule has 0 bridgehead atoms. The zero-order valence-electron chi connectivity index (χ0n) is 13.5. The lowest BCUT2D eigenvalue weighted by molar-refractivity contribution is 0.0762. The topological polar surface area (TPSA) is 56.7 Å². The van der Waals surface area contributed by atoms with Gasteiger partial charge in [-0.3, -0.25) is 14.7 Å². The van der Waals surface area contributed by atoms with Crippen LogP contribution in [0.1, 0.15) is 15.9 Å². The normalized spacial score (nSPS) is 20.6. The molecule has 0 spiro atoms. The number of amides is 1. The number of carbonyl (C=O) groups is 1. The molecule has 1 amide bonds. The number of aliphatic hydroxyl groups is 1. The van der Waals surface area contributed by atoms with Crippen LogP contribution in [0.3, 0.4) is 0 Å². The lowest BCUT2D eigenvalue weighted by Gasteiger charge is -2.26. The Morgan fingerprint density at radius 3 is 2.58 bits per heavy atom. The highest BCUT2D eigenvalue weighted by molar-refractivity contribution is 5.94. The smallest absolute Gasteiger partial charge is 0.254 e. The van der Waals surface area contributed by atoms with E-state index in [9.17, 15) is 14.3 Å². The number of rotatable bonds is 4. The van der Waals surface area contributed by atoms with E-state index in [-0.39, 0.29) is 17.8 Å². The summed E-state index contributed by atoms with van der Waals surface area (Å²) in [7, 11) is 1.90. The van der Waals surface area contributed by atoms with Crippen molar-refractivity contribution in [3.8, 4) is 0 Å². The van der Waals surface area contributed by atoms with Crippen LogP contribution < -0.4 is 0 Å². The maximum Gasteiger partial charge on any atom is 0.254 e. The molecule has 2 aromatic rings. The van der Waals surface area contributed by atoms with E-state index in [4.69, 9.17) is 0 Å².